The third-order valence-corrected chi connectivity index (χ3v) is 8.15. The molecule has 1 aliphatic rings. The van der Waals surface area contributed by atoms with Crippen molar-refractivity contribution < 1.29 is 13.2 Å². The van der Waals surface area contributed by atoms with Crippen LogP contribution < -0.4 is 15.4 Å². The number of pyridine rings is 2. The first-order chi connectivity index (χ1) is 16.0. The van der Waals surface area contributed by atoms with Gasteiger partial charge in [0.05, 0.1) is 11.3 Å². The Bertz CT molecular complexity index is 1340. The molecule has 0 spiro atoms. The predicted molar refractivity (Wildman–Crippen MR) is 133 cm³/mol. The first-order valence-electron chi connectivity index (χ1n) is 10.8. The molecule has 178 valence electrons. The number of benzene rings is 1. The quantitative estimate of drug-likeness (QED) is 0.542. The minimum absolute atomic E-state index is 0.158. The standard InChI is InChI=1S/C24H26ClN5O3S/c1-15-12-14-30(24(15,2)3)22-18(10-11-19(28-22)16-6-8-17(25)9-7-16)23(31)29-34(32,33)20-5-4-13-27-21(20)26/h4-11,13,15H,12,14H2,1-3H3,(H2,26,27)(H,29,31). The highest BCUT2D eigenvalue weighted by Crippen LogP contribution is 2.39. The smallest absolute Gasteiger partial charge is 0.268 e. The lowest BCUT2D eigenvalue weighted by Gasteiger charge is -2.36. The second-order valence-electron chi connectivity index (χ2n) is 8.89. The van der Waals surface area contributed by atoms with Crippen LogP contribution in [0, 0.1) is 5.92 Å². The number of rotatable bonds is 5. The van der Waals surface area contributed by atoms with Crippen LogP contribution in [0.15, 0.2) is 59.6 Å². The van der Waals surface area contributed by atoms with Crippen molar-refractivity contribution in [2.75, 3.05) is 17.2 Å². The molecule has 1 amide bonds. The highest BCUT2D eigenvalue weighted by Gasteiger charge is 2.41. The van der Waals surface area contributed by atoms with Crippen LogP contribution in [0.5, 0.6) is 0 Å². The van der Waals surface area contributed by atoms with Crippen molar-refractivity contribution in [2.24, 2.45) is 5.92 Å². The number of hydrogen-bond donors (Lipinski definition) is 2. The SMILES string of the molecule is CC1CCN(c2nc(-c3ccc(Cl)cc3)ccc2C(=O)NS(=O)(=O)c2cccnc2N)C1(C)C. The molecule has 1 fully saturated rings. The normalized spacial score (nSPS) is 17.5. The molecule has 1 unspecified atom stereocenters. The summed E-state index contributed by atoms with van der Waals surface area (Å²) in [5.74, 6) is -0.200. The number of carbonyl (C=O) groups excluding carboxylic acids is 1. The summed E-state index contributed by atoms with van der Waals surface area (Å²) < 4.78 is 27.9. The fraction of sp³-hybridized carbons (Fsp3) is 0.292. The monoisotopic (exact) mass is 499 g/mol. The van der Waals surface area contributed by atoms with Crippen molar-refractivity contribution >= 4 is 39.2 Å². The first-order valence-corrected chi connectivity index (χ1v) is 12.7. The number of nitrogens with zero attached hydrogens (tertiary/aromatic N) is 3. The number of halogens is 1. The van der Waals surface area contributed by atoms with E-state index in [-0.39, 0.29) is 21.8 Å². The van der Waals surface area contributed by atoms with Gasteiger partial charge in [-0.3, -0.25) is 4.79 Å². The zero-order valence-corrected chi connectivity index (χ0v) is 20.7. The number of nitrogens with two attached hydrogens (primary N) is 1. The van der Waals surface area contributed by atoms with Crippen molar-refractivity contribution in [3.05, 3.63) is 65.3 Å². The van der Waals surface area contributed by atoms with Crippen LogP contribution in [-0.4, -0.2) is 36.4 Å². The molecular formula is C24H26ClN5O3S. The summed E-state index contributed by atoms with van der Waals surface area (Å²) in [6, 6.07) is 13.3. The predicted octanol–water partition coefficient (Wildman–Crippen LogP) is 4.12. The van der Waals surface area contributed by atoms with E-state index in [1.54, 1.807) is 24.3 Å². The molecule has 34 heavy (non-hydrogen) atoms. The Morgan fingerprint density at radius 3 is 2.50 bits per heavy atom. The largest absolute Gasteiger partial charge is 0.383 e. The number of sulfonamides is 1. The Balaban J connectivity index is 1.78. The van der Waals surface area contributed by atoms with Gasteiger partial charge in [0.1, 0.15) is 16.5 Å². The van der Waals surface area contributed by atoms with Crippen LogP contribution in [-0.2, 0) is 10.0 Å². The van der Waals surface area contributed by atoms with Crippen molar-refractivity contribution in [1.82, 2.24) is 14.7 Å². The van der Waals surface area contributed by atoms with E-state index in [1.165, 1.54) is 18.3 Å². The minimum Gasteiger partial charge on any atom is -0.383 e. The molecule has 1 aromatic carbocycles. The zero-order valence-electron chi connectivity index (χ0n) is 19.1. The molecule has 0 radical (unpaired) electrons. The van der Waals surface area contributed by atoms with E-state index in [0.717, 1.165) is 12.0 Å². The highest BCUT2D eigenvalue weighted by atomic mass is 35.5. The van der Waals surface area contributed by atoms with Gasteiger partial charge in [-0.1, -0.05) is 30.7 Å². The van der Waals surface area contributed by atoms with Gasteiger partial charge >= 0.3 is 0 Å². The number of amides is 1. The molecule has 8 nitrogen and oxygen atoms in total. The average molecular weight is 500 g/mol. The van der Waals surface area contributed by atoms with Crippen LogP contribution in [0.1, 0.15) is 37.6 Å². The number of nitrogens with one attached hydrogen (secondary N) is 1. The van der Waals surface area contributed by atoms with E-state index in [0.29, 0.717) is 29.0 Å². The lowest BCUT2D eigenvalue weighted by Crippen LogP contribution is -2.43. The van der Waals surface area contributed by atoms with Gasteiger partial charge in [-0.15, -0.1) is 0 Å². The Morgan fingerprint density at radius 2 is 1.88 bits per heavy atom. The van der Waals surface area contributed by atoms with Crippen LogP contribution in [0.25, 0.3) is 11.3 Å². The summed E-state index contributed by atoms with van der Waals surface area (Å²) in [6.07, 6.45) is 2.30. The molecule has 3 heterocycles. The Morgan fingerprint density at radius 1 is 1.18 bits per heavy atom. The van der Waals surface area contributed by atoms with E-state index in [1.807, 2.05) is 12.1 Å². The third kappa shape index (κ3) is 4.45. The number of hydrogen-bond acceptors (Lipinski definition) is 7. The molecule has 3 aromatic rings. The fourth-order valence-corrected chi connectivity index (χ4v) is 5.26. The maximum atomic E-state index is 13.3. The maximum Gasteiger partial charge on any atom is 0.268 e. The van der Waals surface area contributed by atoms with Gasteiger partial charge in [0, 0.05) is 28.9 Å². The summed E-state index contributed by atoms with van der Waals surface area (Å²) in [6.45, 7) is 7.03. The van der Waals surface area contributed by atoms with Crippen LogP contribution in [0.3, 0.4) is 0 Å². The van der Waals surface area contributed by atoms with Gasteiger partial charge in [0.15, 0.2) is 0 Å². The van der Waals surface area contributed by atoms with Gasteiger partial charge in [0.25, 0.3) is 15.9 Å². The lowest BCUT2D eigenvalue weighted by molar-refractivity contribution is 0.0981. The van der Waals surface area contributed by atoms with Gasteiger partial charge in [0.2, 0.25) is 0 Å². The minimum atomic E-state index is -4.23. The number of nitrogen functional groups attached to an aromatic ring is 1. The van der Waals surface area contributed by atoms with E-state index in [9.17, 15) is 13.2 Å². The summed E-state index contributed by atoms with van der Waals surface area (Å²) in [5.41, 5.74) is 7.08. The van der Waals surface area contributed by atoms with Gasteiger partial charge in [-0.05, 0) is 62.6 Å². The summed E-state index contributed by atoms with van der Waals surface area (Å²) >= 11 is 6.03. The number of aromatic nitrogens is 2. The van der Waals surface area contributed by atoms with Gasteiger partial charge in [-0.2, -0.15) is 0 Å². The molecule has 4 rings (SSSR count). The van der Waals surface area contributed by atoms with Crippen molar-refractivity contribution in [3.8, 4) is 11.3 Å². The summed E-state index contributed by atoms with van der Waals surface area (Å²) in [5, 5.41) is 0.606. The lowest BCUT2D eigenvalue weighted by atomic mass is 9.90. The Hall–Kier alpha value is -3.17. The molecule has 10 heteroatoms. The maximum absolute atomic E-state index is 13.3. The number of anilines is 2. The fourth-order valence-electron chi connectivity index (χ4n) is 4.08. The Labute approximate surface area is 204 Å². The molecule has 1 saturated heterocycles. The third-order valence-electron chi connectivity index (χ3n) is 6.52. The average Bonchev–Trinajstić information content (AvgIpc) is 3.05. The van der Waals surface area contributed by atoms with Gasteiger partial charge < -0.3 is 10.6 Å². The molecular weight excluding hydrogens is 474 g/mol. The Kier molecular flexibility index (Phi) is 6.26. The summed E-state index contributed by atoms with van der Waals surface area (Å²) in [4.78, 5) is 23.7. The molecule has 1 atom stereocenters. The highest BCUT2D eigenvalue weighted by molar-refractivity contribution is 7.90. The van der Waals surface area contributed by atoms with Crippen molar-refractivity contribution in [3.63, 3.8) is 0 Å². The van der Waals surface area contributed by atoms with Crippen LogP contribution in [0.4, 0.5) is 11.6 Å². The molecule has 2 aromatic heterocycles. The van der Waals surface area contributed by atoms with E-state index in [2.05, 4.69) is 35.4 Å². The van der Waals surface area contributed by atoms with E-state index >= 15 is 0 Å². The number of carbonyl (C=O) groups is 1. The second kappa shape index (κ2) is 8.88. The van der Waals surface area contributed by atoms with E-state index in [4.69, 9.17) is 22.3 Å². The van der Waals surface area contributed by atoms with Gasteiger partial charge in [-0.25, -0.2) is 23.1 Å². The molecule has 0 aliphatic carbocycles. The molecule has 3 N–H and O–H groups in total. The second-order valence-corrected chi connectivity index (χ2v) is 11.0. The van der Waals surface area contributed by atoms with Crippen molar-refractivity contribution in [2.45, 2.75) is 37.6 Å². The topological polar surface area (TPSA) is 118 Å². The van der Waals surface area contributed by atoms with Crippen molar-refractivity contribution in [1.29, 1.82) is 0 Å². The first kappa shape index (κ1) is 24.0. The zero-order chi connectivity index (χ0) is 24.7. The van der Waals surface area contributed by atoms with E-state index < -0.39 is 15.9 Å². The summed E-state index contributed by atoms with van der Waals surface area (Å²) in [7, 11) is -4.23. The van der Waals surface area contributed by atoms with Crippen LogP contribution in [0.2, 0.25) is 5.02 Å². The molecule has 0 saturated carbocycles. The van der Waals surface area contributed by atoms with Crippen LogP contribution >= 0.6 is 11.6 Å². The molecule has 0 bridgehead atoms. The molecule has 1 aliphatic heterocycles.